The fourth-order valence-corrected chi connectivity index (χ4v) is 8.48. The van der Waals surface area contributed by atoms with Crippen LogP contribution in [0.15, 0.2) is 97.6 Å². The van der Waals surface area contributed by atoms with Gasteiger partial charge in [0.1, 0.15) is 0 Å². The average molecular weight is 979 g/mol. The molecule has 2 aliphatic heterocycles. The first-order valence-electron chi connectivity index (χ1n) is 22.1. The molecule has 0 amide bonds. The van der Waals surface area contributed by atoms with Gasteiger partial charge in [-0.2, -0.15) is 0 Å². The van der Waals surface area contributed by atoms with Crippen molar-refractivity contribution < 1.29 is 0 Å². The van der Waals surface area contributed by atoms with Crippen molar-refractivity contribution in [3.05, 3.63) is 142 Å². The van der Waals surface area contributed by atoms with Gasteiger partial charge < -0.3 is 19.2 Å². The van der Waals surface area contributed by atoms with Crippen molar-refractivity contribution in [2.24, 2.45) is 0 Å². The molecule has 0 aliphatic carbocycles. The van der Waals surface area contributed by atoms with Crippen molar-refractivity contribution in [1.82, 2.24) is 0 Å². The molecule has 2 heterocycles. The van der Waals surface area contributed by atoms with Gasteiger partial charge in [0.2, 0.25) is 0 Å². The second kappa shape index (κ2) is 20.9. The molecule has 0 unspecified atom stereocenters. The minimum absolute atomic E-state index is 0. The van der Waals surface area contributed by atoms with Crippen molar-refractivity contribution in [3.8, 4) is 0 Å². The third kappa shape index (κ3) is 10.7. The molecule has 4 aromatic carbocycles. The normalized spacial score (nSPS) is 14.1. The standard InChI is InChI=1S/2C26H36BN2.Tl/c2*1-17(2)21-11-9-12-22(18(3)4)25(21)28-15-16-29(27-28)26-23(19(5)6)13-10-14-24(26)20(7)8;/h2*9-20H,1-8H3;/q2*-1;. The largest absolute Gasteiger partial charge is 0.564 e. The SMILES string of the molecule is CC(C)c1cccc(C(C)C)c1N1[B-]N(c2c(C(C)C)cccc2C(C)C)C=C1.CC(C)c1cccc(C(C)C)c1N1[B-]N(c2c(C(C)C)cccc2C(C)C)C=C1.[Tl]. The Bertz CT molecular complexity index is 1670. The Kier molecular flexibility index (Phi) is 17.1. The van der Waals surface area contributed by atoms with E-state index in [9.17, 15) is 0 Å². The summed E-state index contributed by atoms with van der Waals surface area (Å²) in [4.78, 5) is 9.30. The molecule has 2 aliphatic rings. The van der Waals surface area contributed by atoms with Gasteiger partial charge in [-0.15, -0.1) is 0 Å². The molecule has 0 spiro atoms. The summed E-state index contributed by atoms with van der Waals surface area (Å²) in [6.45, 7) is 36.5. The summed E-state index contributed by atoms with van der Waals surface area (Å²) in [5.74, 6) is 3.84. The molecule has 5 radical (unpaired) electrons. The predicted octanol–water partition coefficient (Wildman–Crippen LogP) is 14.6. The number of hydrogen-bond acceptors (Lipinski definition) is 4. The van der Waals surface area contributed by atoms with Crippen LogP contribution in [0.2, 0.25) is 0 Å². The van der Waals surface area contributed by atoms with Crippen LogP contribution < -0.4 is 19.2 Å². The molecule has 59 heavy (non-hydrogen) atoms. The van der Waals surface area contributed by atoms with Crippen molar-refractivity contribution in [3.63, 3.8) is 0 Å². The van der Waals surface area contributed by atoms with E-state index in [2.05, 4.69) is 243 Å². The van der Waals surface area contributed by atoms with Crippen LogP contribution in [0.3, 0.4) is 0 Å². The molecule has 6 rings (SSSR count). The van der Waals surface area contributed by atoms with Gasteiger partial charge >= 0.3 is 0 Å². The monoisotopic (exact) mass is 980 g/mol. The molecule has 0 saturated heterocycles. The van der Waals surface area contributed by atoms with E-state index in [1.165, 1.54) is 67.3 Å². The van der Waals surface area contributed by atoms with E-state index in [1.54, 1.807) is 0 Å². The first-order chi connectivity index (χ1) is 27.4. The average Bonchev–Trinajstić information content (AvgIpc) is 3.87. The van der Waals surface area contributed by atoms with E-state index in [-0.39, 0.29) is 27.3 Å². The van der Waals surface area contributed by atoms with Crippen LogP contribution in [0.1, 0.15) is 203 Å². The molecule has 4 aromatic rings. The molecule has 0 bridgehead atoms. The zero-order valence-corrected chi connectivity index (χ0v) is 43.9. The summed E-state index contributed by atoms with van der Waals surface area (Å²) in [6, 6.07) is 27.0. The maximum atomic E-state index is 2.33. The Labute approximate surface area is 382 Å². The van der Waals surface area contributed by atoms with E-state index in [0.29, 0.717) is 47.3 Å². The summed E-state index contributed by atoms with van der Waals surface area (Å²) in [7, 11) is 4.53. The number of anilines is 4. The smallest absolute Gasteiger partial charge is 0.00413 e. The molecular formula is C52H72B2N4Tl-2. The van der Waals surface area contributed by atoms with E-state index < -0.39 is 0 Å². The molecule has 0 fully saturated rings. The molecule has 0 saturated carbocycles. The van der Waals surface area contributed by atoms with Gasteiger partial charge in [0.15, 0.2) is 0 Å². The summed E-state index contributed by atoms with van der Waals surface area (Å²) in [5, 5.41) is 0. The molecule has 4 nitrogen and oxygen atoms in total. The minimum atomic E-state index is 0. The van der Waals surface area contributed by atoms with Gasteiger partial charge in [-0.25, -0.2) is 0 Å². The number of para-hydroxylation sites is 4. The fourth-order valence-electron chi connectivity index (χ4n) is 8.48. The summed E-state index contributed by atoms with van der Waals surface area (Å²) < 4.78 is 0. The van der Waals surface area contributed by atoms with Crippen LogP contribution in [0, 0.1) is 0 Å². The van der Waals surface area contributed by atoms with E-state index in [0.717, 1.165) is 0 Å². The molecule has 311 valence electrons. The van der Waals surface area contributed by atoms with E-state index in [4.69, 9.17) is 0 Å². The predicted molar refractivity (Wildman–Crippen MR) is 264 cm³/mol. The van der Waals surface area contributed by atoms with Crippen LogP contribution in [-0.2, 0) is 0 Å². The van der Waals surface area contributed by atoms with Gasteiger partial charge in [-0.3, -0.25) is 0 Å². The molecule has 0 aromatic heterocycles. The zero-order chi connectivity index (χ0) is 42.6. The van der Waals surface area contributed by atoms with Crippen LogP contribution in [0.25, 0.3) is 0 Å². The minimum Gasteiger partial charge on any atom is -0.564 e. The molecular weight excluding hydrogens is 907 g/mol. The summed E-state index contributed by atoms with van der Waals surface area (Å²) in [6.07, 6.45) is 8.87. The van der Waals surface area contributed by atoms with Gasteiger partial charge in [0, 0.05) is 50.0 Å². The number of hydrogen-bond donors (Lipinski definition) is 0. The van der Waals surface area contributed by atoms with Crippen molar-refractivity contribution in [1.29, 1.82) is 0 Å². The van der Waals surface area contributed by atoms with Crippen LogP contribution in [-0.4, -0.2) is 42.4 Å². The quantitative estimate of drug-likeness (QED) is 0.131. The van der Waals surface area contributed by atoms with Crippen LogP contribution in [0.4, 0.5) is 22.7 Å². The number of benzene rings is 4. The van der Waals surface area contributed by atoms with E-state index in [1.807, 2.05) is 0 Å². The third-order valence-electron chi connectivity index (χ3n) is 11.7. The first-order valence-corrected chi connectivity index (χ1v) is 22.1. The zero-order valence-electron chi connectivity index (χ0n) is 39.4. The summed E-state index contributed by atoms with van der Waals surface area (Å²) >= 11 is 0. The Hall–Kier alpha value is -3.39. The summed E-state index contributed by atoms with van der Waals surface area (Å²) in [5.41, 5.74) is 16.6. The third-order valence-corrected chi connectivity index (χ3v) is 11.7. The van der Waals surface area contributed by atoms with Crippen molar-refractivity contribution >= 4 is 65.1 Å². The van der Waals surface area contributed by atoms with E-state index >= 15 is 0 Å². The fraction of sp³-hybridized carbons (Fsp3) is 0.462. The van der Waals surface area contributed by atoms with Gasteiger partial charge in [0.05, 0.1) is 0 Å². The second-order valence-electron chi connectivity index (χ2n) is 18.8. The van der Waals surface area contributed by atoms with Crippen molar-refractivity contribution in [2.45, 2.75) is 158 Å². The van der Waals surface area contributed by atoms with Crippen LogP contribution >= 0.6 is 0 Å². The molecule has 0 N–H and O–H groups in total. The Morgan fingerprint density at radius 3 is 0.525 bits per heavy atom. The Morgan fingerprint density at radius 2 is 0.407 bits per heavy atom. The molecule has 7 heteroatoms. The van der Waals surface area contributed by atoms with Crippen LogP contribution in [0.5, 0.6) is 0 Å². The van der Waals surface area contributed by atoms with Gasteiger partial charge in [0.25, 0.3) is 0 Å². The number of nitrogens with zero attached hydrogens (tertiary/aromatic N) is 4. The molecule has 0 atom stereocenters. The van der Waals surface area contributed by atoms with Gasteiger partial charge in [-0.1, -0.05) is 199 Å². The Balaban J connectivity index is 0.000000256. The first kappa shape index (κ1) is 48.3. The number of rotatable bonds is 12. The Morgan fingerprint density at radius 1 is 0.271 bits per heavy atom. The maximum Gasteiger partial charge on any atom is 0.00413 e. The maximum absolute atomic E-state index is 2.33. The van der Waals surface area contributed by atoms with Gasteiger partial charge in [-0.05, 0) is 117 Å². The second-order valence-corrected chi connectivity index (χ2v) is 18.8. The van der Waals surface area contributed by atoms with Crippen molar-refractivity contribution in [2.75, 3.05) is 19.2 Å². The topological polar surface area (TPSA) is 13.0 Å².